The lowest BCUT2D eigenvalue weighted by atomic mass is 9.85. The lowest BCUT2D eigenvalue weighted by molar-refractivity contribution is 0.0683. The first-order valence-corrected chi connectivity index (χ1v) is 8.40. The van der Waals surface area contributed by atoms with E-state index in [1.54, 1.807) is 11.1 Å². The van der Waals surface area contributed by atoms with Crippen LogP contribution in [0.2, 0.25) is 0 Å². The number of aryl methyl sites for hydroxylation is 1. The molecule has 1 aromatic carbocycles. The number of rotatable bonds is 3. The highest BCUT2D eigenvalue weighted by atomic mass is 15.3. The predicted molar refractivity (Wildman–Crippen MR) is 85.0 cm³/mol. The third-order valence-electron chi connectivity index (χ3n) is 5.24. The number of hydrogen-bond acceptors (Lipinski definition) is 2. The fourth-order valence-electron chi connectivity index (χ4n) is 3.99. The largest absolute Gasteiger partial charge is 0.311 e. The van der Waals surface area contributed by atoms with E-state index in [2.05, 4.69) is 48.3 Å². The molecule has 3 rings (SSSR count). The molecule has 3 atom stereocenters. The highest BCUT2D eigenvalue weighted by molar-refractivity contribution is 5.32. The van der Waals surface area contributed by atoms with Crippen molar-refractivity contribution in [3.63, 3.8) is 0 Å². The molecule has 1 aromatic rings. The van der Waals surface area contributed by atoms with Crippen LogP contribution in [0.1, 0.15) is 56.7 Å². The molecule has 1 saturated heterocycles. The molecule has 2 aliphatic rings. The van der Waals surface area contributed by atoms with Crippen LogP contribution in [0.4, 0.5) is 0 Å². The van der Waals surface area contributed by atoms with Crippen LogP contribution in [-0.2, 0) is 6.42 Å². The first-order chi connectivity index (χ1) is 9.83. The van der Waals surface area contributed by atoms with Crippen molar-refractivity contribution in [3.05, 3.63) is 35.4 Å². The molecule has 0 spiro atoms. The van der Waals surface area contributed by atoms with Crippen LogP contribution in [0.25, 0.3) is 0 Å². The molecule has 110 valence electrons. The Balaban J connectivity index is 1.86. The van der Waals surface area contributed by atoms with Crippen molar-refractivity contribution in [2.75, 3.05) is 13.1 Å². The van der Waals surface area contributed by atoms with Gasteiger partial charge in [-0.3, -0.25) is 4.90 Å². The number of benzene rings is 1. The zero-order valence-electron chi connectivity index (χ0n) is 12.9. The van der Waals surface area contributed by atoms with Crippen molar-refractivity contribution < 1.29 is 0 Å². The molecule has 1 heterocycles. The van der Waals surface area contributed by atoms with E-state index in [4.69, 9.17) is 0 Å². The highest BCUT2D eigenvalue weighted by Crippen LogP contribution is 2.36. The summed E-state index contributed by atoms with van der Waals surface area (Å²) in [6.07, 6.45) is 6.44. The van der Waals surface area contributed by atoms with Gasteiger partial charge in [-0.15, -0.1) is 0 Å². The average Bonchev–Trinajstić information content (AvgIpc) is 2.53. The van der Waals surface area contributed by atoms with Crippen LogP contribution in [0.3, 0.4) is 0 Å². The summed E-state index contributed by atoms with van der Waals surface area (Å²) >= 11 is 0. The van der Waals surface area contributed by atoms with E-state index in [9.17, 15) is 0 Å². The normalized spacial score (nSPS) is 31.0. The van der Waals surface area contributed by atoms with Crippen molar-refractivity contribution in [1.29, 1.82) is 0 Å². The monoisotopic (exact) mass is 272 g/mol. The molecule has 0 amide bonds. The van der Waals surface area contributed by atoms with Gasteiger partial charge in [-0.1, -0.05) is 38.1 Å². The van der Waals surface area contributed by atoms with E-state index in [0.29, 0.717) is 18.1 Å². The van der Waals surface area contributed by atoms with Crippen LogP contribution in [0.5, 0.6) is 0 Å². The molecule has 3 unspecified atom stereocenters. The van der Waals surface area contributed by atoms with Gasteiger partial charge >= 0.3 is 0 Å². The Kier molecular flexibility index (Phi) is 4.42. The van der Waals surface area contributed by atoms with Gasteiger partial charge in [0, 0.05) is 31.2 Å². The van der Waals surface area contributed by atoms with E-state index in [1.165, 1.54) is 38.6 Å². The molecule has 0 saturated carbocycles. The van der Waals surface area contributed by atoms with Crippen LogP contribution >= 0.6 is 0 Å². The van der Waals surface area contributed by atoms with Gasteiger partial charge in [0.2, 0.25) is 0 Å². The molecule has 0 radical (unpaired) electrons. The molecule has 0 aromatic heterocycles. The van der Waals surface area contributed by atoms with Crippen LogP contribution in [0.15, 0.2) is 24.3 Å². The summed E-state index contributed by atoms with van der Waals surface area (Å²) in [5.41, 5.74) is 3.19. The lowest BCUT2D eigenvalue weighted by Gasteiger charge is -2.46. The zero-order chi connectivity index (χ0) is 13.9. The van der Waals surface area contributed by atoms with Crippen molar-refractivity contribution in [2.45, 2.75) is 64.1 Å². The Morgan fingerprint density at radius 1 is 1.20 bits per heavy atom. The molecule has 2 nitrogen and oxygen atoms in total. The van der Waals surface area contributed by atoms with E-state index < -0.39 is 0 Å². The van der Waals surface area contributed by atoms with Crippen LogP contribution in [0, 0.1) is 0 Å². The topological polar surface area (TPSA) is 15.3 Å². The minimum atomic E-state index is 0.654. The minimum absolute atomic E-state index is 0.654. The van der Waals surface area contributed by atoms with Gasteiger partial charge in [0.05, 0.1) is 0 Å². The Morgan fingerprint density at radius 2 is 2.05 bits per heavy atom. The van der Waals surface area contributed by atoms with E-state index >= 15 is 0 Å². The van der Waals surface area contributed by atoms with Crippen molar-refractivity contribution in [1.82, 2.24) is 10.2 Å². The maximum Gasteiger partial charge on any atom is 0.0355 e. The quantitative estimate of drug-likeness (QED) is 0.905. The summed E-state index contributed by atoms with van der Waals surface area (Å²) in [6.45, 7) is 7.01. The third kappa shape index (κ3) is 2.64. The zero-order valence-corrected chi connectivity index (χ0v) is 12.9. The maximum absolute atomic E-state index is 3.72. The summed E-state index contributed by atoms with van der Waals surface area (Å²) in [5, 5.41) is 3.72. The predicted octanol–water partition coefficient (Wildman–Crippen LogP) is 3.53. The van der Waals surface area contributed by atoms with Gasteiger partial charge in [-0.2, -0.15) is 0 Å². The molecular formula is C18H28N2. The highest BCUT2D eigenvalue weighted by Gasteiger charge is 2.33. The number of fused-ring (bicyclic) bond motifs is 1. The van der Waals surface area contributed by atoms with Crippen LogP contribution < -0.4 is 5.32 Å². The lowest BCUT2D eigenvalue weighted by Crippen LogP contribution is -2.57. The Hall–Kier alpha value is -0.860. The number of hydrogen-bond donors (Lipinski definition) is 1. The smallest absolute Gasteiger partial charge is 0.0355 e. The third-order valence-corrected chi connectivity index (χ3v) is 5.24. The molecule has 1 aliphatic heterocycles. The molecule has 1 aliphatic carbocycles. The summed E-state index contributed by atoms with van der Waals surface area (Å²) < 4.78 is 0. The standard InChI is InChI=1S/C18H28N2/c1-3-15-13-20(16(4-2)12-19-15)18-11-7-9-14-8-5-6-10-17(14)18/h5-6,8,10,15-16,18-19H,3-4,7,9,11-13H2,1-2H3. The number of nitrogens with zero attached hydrogens (tertiary/aromatic N) is 1. The Labute approximate surface area is 123 Å². The molecular weight excluding hydrogens is 244 g/mol. The Morgan fingerprint density at radius 3 is 2.85 bits per heavy atom. The van der Waals surface area contributed by atoms with E-state index in [1.807, 2.05) is 0 Å². The fourth-order valence-corrected chi connectivity index (χ4v) is 3.99. The maximum atomic E-state index is 3.72. The fraction of sp³-hybridized carbons (Fsp3) is 0.667. The van der Waals surface area contributed by atoms with E-state index in [-0.39, 0.29) is 0 Å². The molecule has 20 heavy (non-hydrogen) atoms. The number of piperazine rings is 1. The average molecular weight is 272 g/mol. The number of nitrogens with one attached hydrogen (secondary N) is 1. The second-order valence-corrected chi connectivity index (χ2v) is 6.38. The summed E-state index contributed by atoms with van der Waals surface area (Å²) in [4.78, 5) is 2.81. The first kappa shape index (κ1) is 14.1. The van der Waals surface area contributed by atoms with Gasteiger partial charge in [0.15, 0.2) is 0 Å². The van der Waals surface area contributed by atoms with Gasteiger partial charge < -0.3 is 5.32 Å². The second kappa shape index (κ2) is 6.28. The summed E-state index contributed by atoms with van der Waals surface area (Å²) in [5.74, 6) is 0. The van der Waals surface area contributed by atoms with Gasteiger partial charge in [-0.05, 0) is 43.2 Å². The first-order valence-electron chi connectivity index (χ1n) is 8.40. The van der Waals surface area contributed by atoms with E-state index in [0.717, 1.165) is 6.54 Å². The van der Waals surface area contributed by atoms with Crippen molar-refractivity contribution in [3.8, 4) is 0 Å². The van der Waals surface area contributed by atoms with Crippen molar-refractivity contribution in [2.24, 2.45) is 0 Å². The molecule has 1 fully saturated rings. The van der Waals surface area contributed by atoms with Crippen LogP contribution in [-0.4, -0.2) is 30.1 Å². The van der Waals surface area contributed by atoms with Gasteiger partial charge in [0.25, 0.3) is 0 Å². The van der Waals surface area contributed by atoms with Gasteiger partial charge in [-0.25, -0.2) is 0 Å². The molecule has 1 N–H and O–H groups in total. The summed E-state index contributed by atoms with van der Waals surface area (Å²) in [6, 6.07) is 11.2. The summed E-state index contributed by atoms with van der Waals surface area (Å²) in [7, 11) is 0. The van der Waals surface area contributed by atoms with Crippen molar-refractivity contribution >= 4 is 0 Å². The Bertz CT molecular complexity index is 443. The molecule has 2 heteroatoms. The minimum Gasteiger partial charge on any atom is -0.311 e. The second-order valence-electron chi connectivity index (χ2n) is 6.38. The molecule has 0 bridgehead atoms. The SMILES string of the molecule is CCC1CN(C2CCCc3ccccc32)C(CC)CN1. The van der Waals surface area contributed by atoms with Gasteiger partial charge in [0.1, 0.15) is 0 Å².